The van der Waals surface area contributed by atoms with Crippen LogP contribution in [-0.2, 0) is 4.74 Å². The number of ether oxygens (including phenoxy) is 2. The van der Waals surface area contributed by atoms with E-state index in [0.717, 1.165) is 12.4 Å². The van der Waals surface area contributed by atoms with E-state index in [4.69, 9.17) is 9.47 Å². The molecule has 0 bridgehead atoms. The maximum Gasteiger partial charge on any atom is 0.119 e. The minimum atomic E-state index is 0.303. The Kier molecular flexibility index (Phi) is 3.61. The minimum absolute atomic E-state index is 0.303. The van der Waals surface area contributed by atoms with Gasteiger partial charge in [-0.15, -0.1) is 0 Å². The number of rotatable bonds is 5. The molecule has 0 unspecified atom stereocenters. The Bertz CT molecular complexity index is 539. The van der Waals surface area contributed by atoms with Gasteiger partial charge in [-0.3, -0.25) is 0 Å². The molecule has 0 saturated carbocycles. The van der Waals surface area contributed by atoms with Gasteiger partial charge in [0, 0.05) is 0 Å². The van der Waals surface area contributed by atoms with Crippen molar-refractivity contribution in [1.29, 1.82) is 0 Å². The van der Waals surface area contributed by atoms with E-state index in [1.165, 1.54) is 11.1 Å². The zero-order valence-electron chi connectivity index (χ0n) is 10.7. The summed E-state index contributed by atoms with van der Waals surface area (Å²) in [4.78, 5) is 0. The van der Waals surface area contributed by atoms with E-state index in [2.05, 4.69) is 36.4 Å². The van der Waals surface area contributed by atoms with E-state index < -0.39 is 0 Å². The number of hydrogen-bond donors (Lipinski definition) is 0. The number of hydrogen-bond acceptors (Lipinski definition) is 2. The molecule has 0 spiro atoms. The molecule has 0 aromatic heterocycles. The SMILES string of the molecule is C(=C\c1ccc(OC[C@H]2CO2)cc1)/c1ccccc1. The average Bonchev–Trinajstić information content (AvgIpc) is 3.29. The molecule has 0 N–H and O–H groups in total. The van der Waals surface area contributed by atoms with Crippen LogP contribution in [0.4, 0.5) is 0 Å². The van der Waals surface area contributed by atoms with Gasteiger partial charge >= 0.3 is 0 Å². The van der Waals surface area contributed by atoms with E-state index in [-0.39, 0.29) is 0 Å². The molecule has 1 heterocycles. The van der Waals surface area contributed by atoms with E-state index in [1.807, 2.05) is 30.3 Å². The predicted molar refractivity (Wildman–Crippen MR) is 77.0 cm³/mol. The zero-order valence-corrected chi connectivity index (χ0v) is 10.7. The summed E-state index contributed by atoms with van der Waals surface area (Å²) in [5.41, 5.74) is 2.37. The minimum Gasteiger partial charge on any atom is -0.491 e. The van der Waals surface area contributed by atoms with Crippen LogP contribution < -0.4 is 4.74 Å². The molecule has 0 aliphatic carbocycles. The Morgan fingerprint density at radius 2 is 1.58 bits per heavy atom. The van der Waals surface area contributed by atoms with Gasteiger partial charge in [0.2, 0.25) is 0 Å². The summed E-state index contributed by atoms with van der Waals surface area (Å²) in [5.74, 6) is 0.896. The molecular weight excluding hydrogens is 236 g/mol. The van der Waals surface area contributed by atoms with Crippen molar-refractivity contribution >= 4 is 12.2 Å². The van der Waals surface area contributed by atoms with Gasteiger partial charge in [0.25, 0.3) is 0 Å². The molecule has 0 amide bonds. The third-order valence-corrected chi connectivity index (χ3v) is 2.99. The van der Waals surface area contributed by atoms with E-state index in [9.17, 15) is 0 Å². The highest BCUT2D eigenvalue weighted by atomic mass is 16.6. The van der Waals surface area contributed by atoms with Crippen LogP contribution in [0.2, 0.25) is 0 Å². The number of benzene rings is 2. The van der Waals surface area contributed by atoms with Crippen molar-refractivity contribution in [3.8, 4) is 5.75 Å². The molecule has 2 heteroatoms. The second-order valence-electron chi connectivity index (χ2n) is 4.58. The van der Waals surface area contributed by atoms with Gasteiger partial charge in [0.15, 0.2) is 0 Å². The summed E-state index contributed by atoms with van der Waals surface area (Å²) in [6.07, 6.45) is 4.51. The molecule has 0 radical (unpaired) electrons. The normalized spacial score (nSPS) is 17.6. The summed E-state index contributed by atoms with van der Waals surface area (Å²) < 4.78 is 10.7. The highest BCUT2D eigenvalue weighted by Gasteiger charge is 2.22. The van der Waals surface area contributed by atoms with Crippen LogP contribution in [0.15, 0.2) is 54.6 Å². The van der Waals surface area contributed by atoms with E-state index in [1.54, 1.807) is 0 Å². The largest absolute Gasteiger partial charge is 0.491 e. The molecule has 2 aromatic rings. The molecule has 3 rings (SSSR count). The molecule has 2 nitrogen and oxygen atoms in total. The summed E-state index contributed by atoms with van der Waals surface area (Å²) in [7, 11) is 0. The van der Waals surface area contributed by atoms with Gasteiger partial charge < -0.3 is 9.47 Å². The molecule has 1 aliphatic rings. The van der Waals surface area contributed by atoms with Crippen LogP contribution in [0.25, 0.3) is 12.2 Å². The lowest BCUT2D eigenvalue weighted by atomic mass is 10.1. The topological polar surface area (TPSA) is 21.8 Å². The lowest BCUT2D eigenvalue weighted by Crippen LogP contribution is -2.03. The number of epoxide rings is 1. The Labute approximate surface area is 113 Å². The lowest BCUT2D eigenvalue weighted by Gasteiger charge is -2.03. The standard InChI is InChI=1S/C17H16O2/c1-2-4-14(5-3-1)6-7-15-8-10-16(11-9-15)18-12-17-13-19-17/h1-11,17H,12-13H2/b7-6+/t17-/m0/s1. The van der Waals surface area contributed by atoms with Gasteiger partial charge in [-0.05, 0) is 23.3 Å². The van der Waals surface area contributed by atoms with Crippen molar-refractivity contribution < 1.29 is 9.47 Å². The summed E-state index contributed by atoms with van der Waals surface area (Å²) in [6, 6.07) is 18.4. The fraction of sp³-hybridized carbons (Fsp3) is 0.176. The van der Waals surface area contributed by atoms with Crippen LogP contribution in [0.5, 0.6) is 5.75 Å². The van der Waals surface area contributed by atoms with Crippen molar-refractivity contribution in [2.24, 2.45) is 0 Å². The summed E-state index contributed by atoms with van der Waals surface area (Å²) in [6.45, 7) is 1.48. The fourth-order valence-corrected chi connectivity index (χ4v) is 1.79. The molecule has 96 valence electrons. The van der Waals surface area contributed by atoms with E-state index >= 15 is 0 Å². The van der Waals surface area contributed by atoms with Gasteiger partial charge in [-0.1, -0.05) is 54.6 Å². The average molecular weight is 252 g/mol. The molecule has 1 aliphatic heterocycles. The van der Waals surface area contributed by atoms with Crippen LogP contribution >= 0.6 is 0 Å². The van der Waals surface area contributed by atoms with Crippen LogP contribution in [0, 0.1) is 0 Å². The predicted octanol–water partition coefficient (Wildman–Crippen LogP) is 3.63. The Hall–Kier alpha value is -2.06. The fourth-order valence-electron chi connectivity index (χ4n) is 1.79. The molecule has 1 fully saturated rings. The first-order valence-corrected chi connectivity index (χ1v) is 6.48. The van der Waals surface area contributed by atoms with Crippen molar-refractivity contribution in [2.75, 3.05) is 13.2 Å². The maximum atomic E-state index is 5.60. The van der Waals surface area contributed by atoms with Gasteiger partial charge in [-0.25, -0.2) is 0 Å². The smallest absolute Gasteiger partial charge is 0.119 e. The molecular formula is C17H16O2. The second kappa shape index (κ2) is 5.72. The third-order valence-electron chi connectivity index (χ3n) is 2.99. The zero-order chi connectivity index (χ0) is 12.9. The van der Waals surface area contributed by atoms with Crippen LogP contribution in [-0.4, -0.2) is 19.3 Å². The first kappa shape index (κ1) is 12.0. The monoisotopic (exact) mass is 252 g/mol. The summed E-state index contributed by atoms with van der Waals surface area (Å²) >= 11 is 0. The van der Waals surface area contributed by atoms with Gasteiger partial charge in [0.1, 0.15) is 18.5 Å². The Morgan fingerprint density at radius 3 is 2.21 bits per heavy atom. The van der Waals surface area contributed by atoms with E-state index in [0.29, 0.717) is 12.7 Å². The van der Waals surface area contributed by atoms with Crippen LogP contribution in [0.3, 0.4) is 0 Å². The first-order valence-electron chi connectivity index (χ1n) is 6.48. The lowest BCUT2D eigenvalue weighted by molar-refractivity contribution is 0.263. The van der Waals surface area contributed by atoms with Crippen LogP contribution in [0.1, 0.15) is 11.1 Å². The van der Waals surface area contributed by atoms with Crippen molar-refractivity contribution in [3.63, 3.8) is 0 Å². The summed E-state index contributed by atoms with van der Waals surface area (Å²) in [5, 5.41) is 0. The third kappa shape index (κ3) is 3.70. The maximum absolute atomic E-state index is 5.60. The second-order valence-corrected chi connectivity index (χ2v) is 4.58. The van der Waals surface area contributed by atoms with Crippen molar-refractivity contribution in [1.82, 2.24) is 0 Å². The van der Waals surface area contributed by atoms with Gasteiger partial charge in [0.05, 0.1) is 6.61 Å². The first-order chi connectivity index (χ1) is 9.40. The molecule has 2 aromatic carbocycles. The molecule has 1 saturated heterocycles. The molecule has 1 atom stereocenters. The quantitative estimate of drug-likeness (QED) is 0.598. The highest BCUT2D eigenvalue weighted by molar-refractivity contribution is 5.69. The van der Waals surface area contributed by atoms with Crippen molar-refractivity contribution in [2.45, 2.75) is 6.10 Å². The van der Waals surface area contributed by atoms with Crippen molar-refractivity contribution in [3.05, 3.63) is 65.7 Å². The van der Waals surface area contributed by atoms with Gasteiger partial charge in [-0.2, -0.15) is 0 Å². The highest BCUT2D eigenvalue weighted by Crippen LogP contribution is 2.17. The Morgan fingerprint density at radius 1 is 0.947 bits per heavy atom. The Balaban J connectivity index is 1.60. The molecule has 19 heavy (non-hydrogen) atoms.